The number of aromatic nitrogens is 2. The molecule has 1 N–H and O–H groups in total. The maximum absolute atomic E-state index is 13.2. The minimum absolute atomic E-state index is 0.234. The number of halogens is 1. The van der Waals surface area contributed by atoms with Crippen LogP contribution in [0.4, 0.5) is 10.1 Å². The molecule has 1 aromatic carbocycles. The van der Waals surface area contributed by atoms with E-state index in [-0.39, 0.29) is 16.9 Å². The van der Waals surface area contributed by atoms with Crippen LogP contribution in [0.15, 0.2) is 40.7 Å². The second kappa shape index (κ2) is 8.57. The molecule has 152 valence electrons. The van der Waals surface area contributed by atoms with Gasteiger partial charge in [0.15, 0.2) is 4.96 Å². The van der Waals surface area contributed by atoms with Crippen LogP contribution in [-0.2, 0) is 11.3 Å². The molecule has 0 aliphatic rings. The van der Waals surface area contributed by atoms with Crippen LogP contribution in [0.5, 0.6) is 0 Å². The molecule has 0 aliphatic heterocycles. The normalized spacial score (nSPS) is 11.8. The fourth-order valence-electron chi connectivity index (χ4n) is 3.10. The first-order valence-corrected chi connectivity index (χ1v) is 10.1. The van der Waals surface area contributed by atoms with E-state index in [0.29, 0.717) is 35.9 Å². The maximum atomic E-state index is 13.2. The van der Waals surface area contributed by atoms with Crippen molar-refractivity contribution >= 4 is 34.0 Å². The number of hydrogen-bond acceptors (Lipinski definition) is 5. The van der Waals surface area contributed by atoms with E-state index in [2.05, 4.69) is 4.98 Å². The van der Waals surface area contributed by atoms with E-state index in [1.165, 1.54) is 33.9 Å². The van der Waals surface area contributed by atoms with Gasteiger partial charge in [0.05, 0.1) is 17.9 Å². The van der Waals surface area contributed by atoms with E-state index < -0.39 is 5.97 Å². The second-order valence-electron chi connectivity index (χ2n) is 6.57. The lowest BCUT2D eigenvalue weighted by atomic mass is 10.1. The summed E-state index contributed by atoms with van der Waals surface area (Å²) < 4.78 is 14.7. The zero-order valence-corrected chi connectivity index (χ0v) is 17.3. The second-order valence-corrected chi connectivity index (χ2v) is 7.75. The van der Waals surface area contributed by atoms with Crippen molar-refractivity contribution < 1.29 is 14.3 Å². The highest BCUT2D eigenvalue weighted by molar-refractivity contribution is 7.17. The smallest absolute Gasteiger partial charge is 0.331 e. The van der Waals surface area contributed by atoms with E-state index in [9.17, 15) is 19.1 Å². The minimum atomic E-state index is -0.998. The molecule has 0 spiro atoms. The van der Waals surface area contributed by atoms with Gasteiger partial charge in [0.1, 0.15) is 5.82 Å². The van der Waals surface area contributed by atoms with E-state index in [4.69, 9.17) is 0 Å². The molecule has 2 aromatic heterocycles. The summed E-state index contributed by atoms with van der Waals surface area (Å²) in [5.41, 5.74) is 1.98. The number of aryl methyl sites for hydroxylation is 1. The Kier molecular flexibility index (Phi) is 6.12. The number of fused-ring (bicyclic) bond motifs is 1. The summed E-state index contributed by atoms with van der Waals surface area (Å²) in [5, 5.41) is 9.30. The molecule has 0 unspecified atom stereocenters. The Morgan fingerprint density at radius 3 is 2.59 bits per heavy atom. The molecular weight excluding hydrogens is 393 g/mol. The van der Waals surface area contributed by atoms with Crippen LogP contribution in [0.3, 0.4) is 0 Å². The van der Waals surface area contributed by atoms with Crippen LogP contribution < -0.4 is 10.5 Å². The molecule has 0 saturated heterocycles. The number of hydrogen-bond donors (Lipinski definition) is 1. The van der Waals surface area contributed by atoms with Crippen molar-refractivity contribution in [2.24, 2.45) is 0 Å². The standard InChI is InChI=1S/C21H22FN3O3S/c1-4-14(20(27)28)10-18-13(3)29-21-23-16(11-19(26)25(18)21)12-24(5-2)17-8-6-15(22)7-9-17/h6-11H,4-5,12H2,1-3H3,(H,27,28). The van der Waals surface area contributed by atoms with Crippen LogP contribution in [0, 0.1) is 12.7 Å². The highest BCUT2D eigenvalue weighted by Crippen LogP contribution is 2.24. The molecule has 2 heterocycles. The number of carboxylic acid groups (broad SMARTS) is 1. The van der Waals surface area contributed by atoms with Gasteiger partial charge in [-0.25, -0.2) is 14.2 Å². The quantitative estimate of drug-likeness (QED) is 0.588. The number of rotatable bonds is 7. The molecule has 0 saturated carbocycles. The molecule has 3 rings (SSSR count). The Morgan fingerprint density at radius 1 is 1.31 bits per heavy atom. The van der Waals surface area contributed by atoms with Gasteiger partial charge in [0, 0.05) is 28.7 Å². The first-order valence-electron chi connectivity index (χ1n) is 9.30. The van der Waals surface area contributed by atoms with E-state index in [1.807, 2.05) is 18.7 Å². The molecule has 3 aromatic rings. The average molecular weight is 415 g/mol. The first-order chi connectivity index (χ1) is 13.8. The number of thiazole rings is 1. The highest BCUT2D eigenvalue weighted by atomic mass is 32.1. The predicted octanol–water partition coefficient (Wildman–Crippen LogP) is 4.11. The summed E-state index contributed by atoms with van der Waals surface area (Å²) >= 11 is 1.35. The zero-order chi connectivity index (χ0) is 21.1. The van der Waals surface area contributed by atoms with E-state index >= 15 is 0 Å². The van der Waals surface area contributed by atoms with Gasteiger partial charge >= 0.3 is 5.97 Å². The van der Waals surface area contributed by atoms with Crippen LogP contribution in [-0.4, -0.2) is 27.0 Å². The van der Waals surface area contributed by atoms with E-state index in [1.54, 1.807) is 25.1 Å². The number of carboxylic acids is 1. The lowest BCUT2D eigenvalue weighted by Crippen LogP contribution is -2.25. The summed E-state index contributed by atoms with van der Waals surface area (Å²) in [7, 11) is 0. The van der Waals surface area contributed by atoms with Crippen molar-refractivity contribution in [2.75, 3.05) is 11.4 Å². The van der Waals surface area contributed by atoms with Crippen molar-refractivity contribution in [1.82, 2.24) is 9.38 Å². The Balaban J connectivity index is 2.01. The van der Waals surface area contributed by atoms with Crippen LogP contribution in [0.25, 0.3) is 11.0 Å². The fourth-order valence-corrected chi connectivity index (χ4v) is 4.07. The summed E-state index contributed by atoms with van der Waals surface area (Å²) in [4.78, 5) is 32.1. The SMILES string of the molecule is CCC(=Cc1c(C)sc2nc(CN(CC)c3ccc(F)cc3)cc(=O)n12)C(=O)O. The Bertz CT molecular complexity index is 1130. The monoisotopic (exact) mass is 415 g/mol. The Morgan fingerprint density at radius 2 is 2.00 bits per heavy atom. The maximum Gasteiger partial charge on any atom is 0.331 e. The lowest BCUT2D eigenvalue weighted by molar-refractivity contribution is -0.132. The molecule has 0 atom stereocenters. The number of aliphatic carboxylic acids is 1. The molecule has 6 nitrogen and oxygen atoms in total. The van der Waals surface area contributed by atoms with Crippen LogP contribution >= 0.6 is 11.3 Å². The molecular formula is C21H22FN3O3S. The van der Waals surface area contributed by atoms with E-state index in [0.717, 1.165) is 10.6 Å². The number of nitrogens with zero attached hydrogens (tertiary/aromatic N) is 3. The molecule has 0 radical (unpaired) electrons. The van der Waals surface area contributed by atoms with Gasteiger partial charge in [0.2, 0.25) is 0 Å². The van der Waals surface area contributed by atoms with Crippen molar-refractivity contribution in [3.8, 4) is 0 Å². The summed E-state index contributed by atoms with van der Waals surface area (Å²) in [6.07, 6.45) is 1.90. The van der Waals surface area contributed by atoms with Gasteiger partial charge in [-0.05, 0) is 50.6 Å². The van der Waals surface area contributed by atoms with Crippen molar-refractivity contribution in [1.29, 1.82) is 0 Å². The van der Waals surface area contributed by atoms with Crippen LogP contribution in [0.2, 0.25) is 0 Å². The van der Waals surface area contributed by atoms with Crippen molar-refractivity contribution in [3.63, 3.8) is 0 Å². The number of carbonyl (C=O) groups is 1. The van der Waals surface area contributed by atoms with Crippen molar-refractivity contribution in [2.45, 2.75) is 33.7 Å². The molecule has 29 heavy (non-hydrogen) atoms. The third kappa shape index (κ3) is 4.37. The summed E-state index contributed by atoms with van der Waals surface area (Å²) in [5.74, 6) is -1.30. The van der Waals surface area contributed by atoms with Gasteiger partial charge in [-0.15, -0.1) is 11.3 Å². The van der Waals surface area contributed by atoms with Crippen LogP contribution in [0.1, 0.15) is 36.5 Å². The molecule has 0 amide bonds. The summed E-state index contributed by atoms with van der Waals surface area (Å²) in [6, 6.07) is 7.66. The third-order valence-electron chi connectivity index (χ3n) is 4.68. The molecule has 0 fully saturated rings. The highest BCUT2D eigenvalue weighted by Gasteiger charge is 2.15. The minimum Gasteiger partial charge on any atom is -0.478 e. The zero-order valence-electron chi connectivity index (χ0n) is 16.5. The number of benzene rings is 1. The first kappa shape index (κ1) is 20.7. The van der Waals surface area contributed by atoms with Gasteiger partial charge in [-0.3, -0.25) is 9.20 Å². The van der Waals surface area contributed by atoms with Gasteiger partial charge < -0.3 is 10.0 Å². The Labute approximate surface area is 171 Å². The lowest BCUT2D eigenvalue weighted by Gasteiger charge is -2.22. The van der Waals surface area contributed by atoms with Gasteiger partial charge in [-0.1, -0.05) is 6.92 Å². The third-order valence-corrected chi connectivity index (χ3v) is 5.65. The molecule has 0 aliphatic carbocycles. The fraction of sp³-hybridized carbons (Fsp3) is 0.286. The van der Waals surface area contributed by atoms with Crippen molar-refractivity contribution in [3.05, 3.63) is 68.3 Å². The predicted molar refractivity (Wildman–Crippen MR) is 113 cm³/mol. The average Bonchev–Trinajstić information content (AvgIpc) is 3.00. The molecule has 8 heteroatoms. The summed E-state index contributed by atoms with van der Waals surface area (Å²) in [6.45, 7) is 6.66. The topological polar surface area (TPSA) is 74.9 Å². The Hall–Kier alpha value is -3.00. The van der Waals surface area contributed by atoms with Gasteiger partial charge in [-0.2, -0.15) is 0 Å². The largest absolute Gasteiger partial charge is 0.478 e. The number of anilines is 1. The molecule has 0 bridgehead atoms. The van der Waals surface area contributed by atoms with Gasteiger partial charge in [0.25, 0.3) is 5.56 Å².